The minimum absolute atomic E-state index is 0.00407. The summed E-state index contributed by atoms with van der Waals surface area (Å²) in [7, 11) is 0. The van der Waals surface area contributed by atoms with E-state index < -0.39 is 0 Å². The number of hydrogen-bond acceptors (Lipinski definition) is 3. The number of rotatable bonds is 27. The van der Waals surface area contributed by atoms with Crippen molar-refractivity contribution in [2.75, 3.05) is 13.2 Å². The van der Waals surface area contributed by atoms with Gasteiger partial charge in [0.1, 0.15) is 11.5 Å². The average Bonchev–Trinajstić information content (AvgIpc) is 3.02. The number of allylic oxidation sites excluding steroid dienone is 1. The standard InChI is InChI=1S/C39H60O3/c1-3-5-7-9-10-11-12-13-14-15-16-17-18-19-20-22-34-42-38-30-26-36(27-31-38)39(40)32-25-35-23-28-37(29-24-35)41-33-21-8-6-4-2/h23-32H,3-22,33-34H2,1-2H3/b32-25+. The molecule has 0 aliphatic carbocycles. The fraction of sp³-hybridized carbons (Fsp3) is 0.615. The van der Waals surface area contributed by atoms with Crippen LogP contribution in [0.3, 0.4) is 0 Å². The first-order valence-electron chi connectivity index (χ1n) is 17.4. The predicted molar refractivity (Wildman–Crippen MR) is 181 cm³/mol. The molecule has 3 nitrogen and oxygen atoms in total. The molecule has 0 fully saturated rings. The number of benzene rings is 2. The van der Waals surface area contributed by atoms with Crippen LogP contribution in [0.4, 0.5) is 0 Å². The maximum absolute atomic E-state index is 12.6. The molecule has 0 aliphatic rings. The van der Waals surface area contributed by atoms with Crippen molar-refractivity contribution in [3.05, 3.63) is 65.7 Å². The lowest BCUT2D eigenvalue weighted by Gasteiger charge is -2.07. The van der Waals surface area contributed by atoms with Crippen LogP contribution in [0.25, 0.3) is 6.08 Å². The number of carbonyl (C=O) groups is 1. The van der Waals surface area contributed by atoms with Gasteiger partial charge in [0.2, 0.25) is 0 Å². The molecule has 0 radical (unpaired) electrons. The predicted octanol–water partition coefficient (Wildman–Crippen LogP) is 12.2. The highest BCUT2D eigenvalue weighted by atomic mass is 16.5. The molecule has 3 heteroatoms. The highest BCUT2D eigenvalue weighted by molar-refractivity contribution is 6.06. The molecule has 2 rings (SSSR count). The van der Waals surface area contributed by atoms with E-state index in [0.717, 1.165) is 43.1 Å². The van der Waals surface area contributed by atoms with Gasteiger partial charge in [-0.15, -0.1) is 0 Å². The zero-order chi connectivity index (χ0) is 29.9. The first-order chi connectivity index (χ1) is 20.7. The molecule has 0 saturated carbocycles. The van der Waals surface area contributed by atoms with Crippen LogP contribution in [0.1, 0.15) is 158 Å². The van der Waals surface area contributed by atoms with Crippen LogP contribution >= 0.6 is 0 Å². The van der Waals surface area contributed by atoms with E-state index in [2.05, 4.69) is 13.8 Å². The van der Waals surface area contributed by atoms with E-state index in [-0.39, 0.29) is 5.78 Å². The average molecular weight is 577 g/mol. The number of hydrogen-bond donors (Lipinski definition) is 0. The van der Waals surface area contributed by atoms with Gasteiger partial charge in [-0.1, -0.05) is 148 Å². The molecule has 0 bridgehead atoms. The van der Waals surface area contributed by atoms with Gasteiger partial charge in [0.15, 0.2) is 5.78 Å². The number of carbonyl (C=O) groups excluding carboxylic acids is 1. The van der Waals surface area contributed by atoms with Crippen molar-refractivity contribution in [1.29, 1.82) is 0 Å². The lowest BCUT2D eigenvalue weighted by Crippen LogP contribution is -1.99. The van der Waals surface area contributed by atoms with Crippen molar-refractivity contribution in [2.24, 2.45) is 0 Å². The molecule has 0 aromatic heterocycles. The monoisotopic (exact) mass is 576 g/mol. The van der Waals surface area contributed by atoms with E-state index in [0.29, 0.717) is 5.56 Å². The highest BCUT2D eigenvalue weighted by Crippen LogP contribution is 2.17. The summed E-state index contributed by atoms with van der Waals surface area (Å²) in [4.78, 5) is 12.6. The molecular weight excluding hydrogens is 516 g/mol. The smallest absolute Gasteiger partial charge is 0.185 e. The highest BCUT2D eigenvalue weighted by Gasteiger charge is 2.03. The maximum Gasteiger partial charge on any atom is 0.185 e. The molecule has 0 amide bonds. The molecule has 0 aliphatic heterocycles. The van der Waals surface area contributed by atoms with Crippen molar-refractivity contribution in [3.63, 3.8) is 0 Å². The van der Waals surface area contributed by atoms with Crippen LogP contribution in [-0.4, -0.2) is 19.0 Å². The Labute approximate surface area is 258 Å². The first-order valence-corrected chi connectivity index (χ1v) is 17.4. The summed E-state index contributed by atoms with van der Waals surface area (Å²) < 4.78 is 11.7. The molecule has 2 aromatic rings. The van der Waals surface area contributed by atoms with Crippen molar-refractivity contribution >= 4 is 11.9 Å². The Kier molecular flexibility index (Phi) is 21.2. The lowest BCUT2D eigenvalue weighted by atomic mass is 10.0. The summed E-state index contributed by atoms with van der Waals surface area (Å²) in [6, 6.07) is 15.4. The Morgan fingerprint density at radius 2 is 0.857 bits per heavy atom. The Morgan fingerprint density at radius 3 is 1.29 bits per heavy atom. The molecule has 42 heavy (non-hydrogen) atoms. The third kappa shape index (κ3) is 18.1. The zero-order valence-corrected chi connectivity index (χ0v) is 27.1. The van der Waals surface area contributed by atoms with Gasteiger partial charge in [-0.3, -0.25) is 4.79 Å². The Balaban J connectivity index is 1.47. The van der Waals surface area contributed by atoms with Gasteiger partial charge < -0.3 is 9.47 Å². The fourth-order valence-electron chi connectivity index (χ4n) is 5.22. The number of ether oxygens (including phenoxy) is 2. The quantitative estimate of drug-likeness (QED) is 0.0603. The van der Waals surface area contributed by atoms with Gasteiger partial charge in [-0.05, 0) is 60.9 Å². The molecule has 0 saturated heterocycles. The normalized spacial score (nSPS) is 11.3. The van der Waals surface area contributed by atoms with Crippen molar-refractivity contribution in [3.8, 4) is 11.5 Å². The summed E-state index contributed by atoms with van der Waals surface area (Å²) in [6.07, 6.45) is 30.2. The van der Waals surface area contributed by atoms with Gasteiger partial charge in [0.05, 0.1) is 13.2 Å². The third-order valence-corrected chi connectivity index (χ3v) is 7.98. The second kappa shape index (κ2) is 25.0. The minimum Gasteiger partial charge on any atom is -0.494 e. The third-order valence-electron chi connectivity index (χ3n) is 7.98. The Morgan fingerprint density at radius 1 is 0.500 bits per heavy atom. The fourth-order valence-corrected chi connectivity index (χ4v) is 5.22. The van der Waals surface area contributed by atoms with Crippen molar-refractivity contribution < 1.29 is 14.3 Å². The van der Waals surface area contributed by atoms with Crippen molar-refractivity contribution in [1.82, 2.24) is 0 Å². The van der Waals surface area contributed by atoms with Gasteiger partial charge >= 0.3 is 0 Å². The van der Waals surface area contributed by atoms with Crippen molar-refractivity contribution in [2.45, 2.75) is 142 Å². The molecule has 234 valence electrons. The summed E-state index contributed by atoms with van der Waals surface area (Å²) >= 11 is 0. The Bertz CT molecular complexity index is 929. The van der Waals surface area contributed by atoms with Gasteiger partial charge in [0, 0.05) is 5.56 Å². The molecule has 0 heterocycles. The summed E-state index contributed by atoms with van der Waals surface area (Å²) in [6.45, 7) is 6.00. The van der Waals surface area contributed by atoms with E-state index in [9.17, 15) is 4.79 Å². The summed E-state index contributed by atoms with van der Waals surface area (Å²) in [5.41, 5.74) is 1.66. The second-order valence-electron chi connectivity index (χ2n) is 11.9. The molecular formula is C39H60O3. The van der Waals surface area contributed by atoms with Crippen LogP contribution in [0, 0.1) is 0 Å². The molecule has 0 atom stereocenters. The van der Waals surface area contributed by atoms with Crippen LogP contribution in [0.2, 0.25) is 0 Å². The Hall–Kier alpha value is -2.55. The van der Waals surface area contributed by atoms with Crippen LogP contribution in [-0.2, 0) is 0 Å². The first kappa shape index (κ1) is 35.6. The van der Waals surface area contributed by atoms with Crippen LogP contribution in [0.15, 0.2) is 54.6 Å². The van der Waals surface area contributed by atoms with Gasteiger partial charge in [-0.25, -0.2) is 0 Å². The molecule has 0 N–H and O–H groups in total. The second-order valence-corrected chi connectivity index (χ2v) is 11.9. The van der Waals surface area contributed by atoms with Crippen LogP contribution in [0.5, 0.6) is 11.5 Å². The van der Waals surface area contributed by atoms with Gasteiger partial charge in [-0.2, -0.15) is 0 Å². The minimum atomic E-state index is -0.00407. The summed E-state index contributed by atoms with van der Waals surface area (Å²) in [5.74, 6) is 1.71. The topological polar surface area (TPSA) is 35.5 Å². The maximum atomic E-state index is 12.6. The van der Waals surface area contributed by atoms with E-state index in [1.165, 1.54) is 116 Å². The molecule has 0 unspecified atom stereocenters. The summed E-state index contributed by atoms with van der Waals surface area (Å²) in [5, 5.41) is 0. The number of unbranched alkanes of at least 4 members (excludes halogenated alkanes) is 18. The van der Waals surface area contributed by atoms with E-state index in [4.69, 9.17) is 9.47 Å². The largest absolute Gasteiger partial charge is 0.494 e. The van der Waals surface area contributed by atoms with Crippen LogP contribution < -0.4 is 9.47 Å². The zero-order valence-electron chi connectivity index (χ0n) is 27.1. The lowest BCUT2D eigenvalue weighted by molar-refractivity contribution is 0.104. The van der Waals surface area contributed by atoms with Gasteiger partial charge in [0.25, 0.3) is 0 Å². The van der Waals surface area contributed by atoms with E-state index in [1.54, 1.807) is 6.08 Å². The van der Waals surface area contributed by atoms with E-state index in [1.807, 2.05) is 54.6 Å². The number of ketones is 1. The molecule has 0 spiro atoms. The molecule has 2 aromatic carbocycles. The van der Waals surface area contributed by atoms with E-state index >= 15 is 0 Å². The SMILES string of the molecule is CCCCCCCCCCCCCCCCCCOc1ccc(C(=O)/C=C/c2ccc(OCCCCCC)cc2)cc1.